The number of benzene rings is 1. The molecule has 0 fully saturated rings. The average molecular weight is 314 g/mol. The van der Waals surface area contributed by atoms with E-state index < -0.39 is 6.04 Å². The molecule has 0 saturated heterocycles. The van der Waals surface area contributed by atoms with Crippen LogP contribution in [0.25, 0.3) is 0 Å². The first-order valence-corrected chi connectivity index (χ1v) is 7.76. The summed E-state index contributed by atoms with van der Waals surface area (Å²) in [6, 6.07) is 5.63. The maximum Gasteiger partial charge on any atom is 0.242 e. The molecule has 1 aromatic heterocycles. The van der Waals surface area contributed by atoms with Crippen molar-refractivity contribution in [3.63, 3.8) is 0 Å². The van der Waals surface area contributed by atoms with Crippen molar-refractivity contribution in [1.29, 1.82) is 0 Å². The van der Waals surface area contributed by atoms with Crippen LogP contribution in [0.3, 0.4) is 0 Å². The first-order valence-electron chi connectivity index (χ1n) is 7.76. The van der Waals surface area contributed by atoms with Gasteiger partial charge in [-0.15, -0.1) is 0 Å². The first-order chi connectivity index (χ1) is 11.1. The molecule has 23 heavy (non-hydrogen) atoms. The molecule has 1 aromatic carbocycles. The fourth-order valence-electron chi connectivity index (χ4n) is 3.26. The highest BCUT2D eigenvalue weighted by molar-refractivity contribution is 5.83. The quantitative estimate of drug-likeness (QED) is 0.877. The number of amides is 1. The van der Waals surface area contributed by atoms with Crippen LogP contribution in [0.15, 0.2) is 30.6 Å². The SMILES string of the molecule is CNC(C(=O)NC1CCc2c(OC)cccc21)c1cnn(C)c1. The van der Waals surface area contributed by atoms with E-state index in [1.54, 1.807) is 25.0 Å². The van der Waals surface area contributed by atoms with E-state index in [1.807, 2.05) is 25.4 Å². The molecule has 2 unspecified atom stereocenters. The topological polar surface area (TPSA) is 68.2 Å². The number of aryl methyl sites for hydroxylation is 1. The van der Waals surface area contributed by atoms with Crippen molar-refractivity contribution in [3.05, 3.63) is 47.3 Å². The number of rotatable bonds is 5. The van der Waals surface area contributed by atoms with E-state index in [1.165, 1.54) is 5.56 Å². The number of nitrogens with zero attached hydrogens (tertiary/aromatic N) is 2. The standard InChI is InChI=1S/C17H22N4O2/c1-18-16(11-9-19-21(2)10-11)17(22)20-14-8-7-13-12(14)5-4-6-15(13)23-3/h4-6,9-10,14,16,18H,7-8H2,1-3H3,(H,20,22). The molecule has 1 aliphatic rings. The molecule has 2 atom stereocenters. The predicted molar refractivity (Wildman–Crippen MR) is 87.2 cm³/mol. The molecule has 2 N–H and O–H groups in total. The Morgan fingerprint density at radius 3 is 2.96 bits per heavy atom. The summed E-state index contributed by atoms with van der Waals surface area (Å²) in [4.78, 5) is 12.7. The maximum absolute atomic E-state index is 12.7. The third kappa shape index (κ3) is 2.94. The molecule has 0 bridgehead atoms. The van der Waals surface area contributed by atoms with Crippen LogP contribution in [0.5, 0.6) is 5.75 Å². The normalized spacial score (nSPS) is 17.6. The van der Waals surface area contributed by atoms with Gasteiger partial charge in [0, 0.05) is 18.8 Å². The molecule has 6 heteroatoms. The molecule has 1 heterocycles. The van der Waals surface area contributed by atoms with Gasteiger partial charge in [0.25, 0.3) is 0 Å². The molecule has 1 aliphatic carbocycles. The first kappa shape index (κ1) is 15.6. The molecule has 0 spiro atoms. The van der Waals surface area contributed by atoms with Gasteiger partial charge in [-0.25, -0.2) is 0 Å². The van der Waals surface area contributed by atoms with E-state index in [9.17, 15) is 4.79 Å². The van der Waals surface area contributed by atoms with E-state index in [4.69, 9.17) is 4.74 Å². The minimum atomic E-state index is -0.404. The zero-order valence-corrected chi connectivity index (χ0v) is 13.7. The van der Waals surface area contributed by atoms with Crippen molar-refractivity contribution in [3.8, 4) is 5.75 Å². The zero-order chi connectivity index (χ0) is 16.4. The summed E-state index contributed by atoms with van der Waals surface area (Å²) in [6.07, 6.45) is 5.38. The minimum absolute atomic E-state index is 0.0279. The molecule has 122 valence electrons. The van der Waals surface area contributed by atoms with Crippen LogP contribution in [-0.2, 0) is 18.3 Å². The Hall–Kier alpha value is -2.34. The van der Waals surface area contributed by atoms with Crippen LogP contribution in [0.2, 0.25) is 0 Å². The van der Waals surface area contributed by atoms with E-state index in [0.717, 1.165) is 29.7 Å². The lowest BCUT2D eigenvalue weighted by Gasteiger charge is -2.19. The lowest BCUT2D eigenvalue weighted by molar-refractivity contribution is -0.123. The average Bonchev–Trinajstić information content (AvgIpc) is 3.15. The highest BCUT2D eigenvalue weighted by Crippen LogP contribution is 2.37. The number of aromatic nitrogens is 2. The summed E-state index contributed by atoms with van der Waals surface area (Å²) in [7, 11) is 5.30. The number of hydrogen-bond donors (Lipinski definition) is 2. The van der Waals surface area contributed by atoms with Crippen LogP contribution >= 0.6 is 0 Å². The number of ether oxygens (including phenoxy) is 1. The number of nitrogens with one attached hydrogen (secondary N) is 2. The Labute approximate surface area is 135 Å². The van der Waals surface area contributed by atoms with E-state index >= 15 is 0 Å². The predicted octanol–water partition coefficient (Wildman–Crippen LogP) is 1.49. The smallest absolute Gasteiger partial charge is 0.242 e. The molecule has 6 nitrogen and oxygen atoms in total. The van der Waals surface area contributed by atoms with Gasteiger partial charge in [-0.05, 0) is 37.1 Å². The third-order valence-corrected chi connectivity index (χ3v) is 4.37. The minimum Gasteiger partial charge on any atom is -0.496 e. The lowest BCUT2D eigenvalue weighted by Crippen LogP contribution is -2.37. The van der Waals surface area contributed by atoms with Crippen LogP contribution in [0, 0.1) is 0 Å². The number of hydrogen-bond acceptors (Lipinski definition) is 4. The molecule has 2 aromatic rings. The van der Waals surface area contributed by atoms with E-state index in [-0.39, 0.29) is 11.9 Å². The number of fused-ring (bicyclic) bond motifs is 1. The fourth-order valence-corrected chi connectivity index (χ4v) is 3.26. The van der Waals surface area contributed by atoms with Crippen molar-refractivity contribution in [1.82, 2.24) is 20.4 Å². The van der Waals surface area contributed by atoms with Gasteiger partial charge in [-0.1, -0.05) is 12.1 Å². The van der Waals surface area contributed by atoms with Gasteiger partial charge in [0.05, 0.1) is 19.3 Å². The lowest BCUT2D eigenvalue weighted by atomic mass is 10.1. The molecule has 0 radical (unpaired) electrons. The Morgan fingerprint density at radius 1 is 1.48 bits per heavy atom. The summed E-state index contributed by atoms with van der Waals surface area (Å²) in [5.41, 5.74) is 3.21. The Balaban J connectivity index is 1.77. The number of carbonyl (C=O) groups is 1. The van der Waals surface area contributed by atoms with Crippen molar-refractivity contribution < 1.29 is 9.53 Å². The number of likely N-dealkylation sites (N-methyl/N-ethyl adjacent to an activating group) is 1. The van der Waals surface area contributed by atoms with Crippen molar-refractivity contribution >= 4 is 5.91 Å². The molecular formula is C17H22N4O2. The summed E-state index contributed by atoms with van der Waals surface area (Å²) in [5, 5.41) is 10.4. The van der Waals surface area contributed by atoms with Crippen LogP contribution in [-0.4, -0.2) is 29.8 Å². The van der Waals surface area contributed by atoms with Crippen LogP contribution in [0.1, 0.15) is 35.2 Å². The van der Waals surface area contributed by atoms with Crippen molar-refractivity contribution in [2.24, 2.45) is 7.05 Å². The third-order valence-electron chi connectivity index (χ3n) is 4.37. The van der Waals surface area contributed by atoms with Crippen LogP contribution in [0.4, 0.5) is 0 Å². The van der Waals surface area contributed by atoms with Gasteiger partial charge in [-0.2, -0.15) is 5.10 Å². The highest BCUT2D eigenvalue weighted by Gasteiger charge is 2.29. The maximum atomic E-state index is 12.7. The monoisotopic (exact) mass is 314 g/mol. The second-order valence-corrected chi connectivity index (χ2v) is 5.80. The molecule has 1 amide bonds. The van der Waals surface area contributed by atoms with E-state index in [0.29, 0.717) is 0 Å². The van der Waals surface area contributed by atoms with Gasteiger partial charge in [0.1, 0.15) is 11.8 Å². The van der Waals surface area contributed by atoms with Gasteiger partial charge in [0.15, 0.2) is 0 Å². The second kappa shape index (κ2) is 6.42. The van der Waals surface area contributed by atoms with Crippen LogP contribution < -0.4 is 15.4 Å². The summed E-state index contributed by atoms with van der Waals surface area (Å²) >= 11 is 0. The largest absolute Gasteiger partial charge is 0.496 e. The molecule has 0 saturated carbocycles. The number of carbonyl (C=O) groups excluding carboxylic acids is 1. The second-order valence-electron chi connectivity index (χ2n) is 5.80. The Morgan fingerprint density at radius 2 is 2.30 bits per heavy atom. The summed E-state index contributed by atoms with van der Waals surface area (Å²) in [6.45, 7) is 0. The Kier molecular flexibility index (Phi) is 4.34. The molecule has 0 aliphatic heterocycles. The summed E-state index contributed by atoms with van der Waals surface area (Å²) < 4.78 is 7.11. The Bertz CT molecular complexity index is 710. The van der Waals surface area contributed by atoms with E-state index in [2.05, 4.69) is 21.8 Å². The fraction of sp³-hybridized carbons (Fsp3) is 0.412. The highest BCUT2D eigenvalue weighted by atomic mass is 16.5. The number of methoxy groups -OCH3 is 1. The van der Waals surface area contributed by atoms with Gasteiger partial charge >= 0.3 is 0 Å². The molecule has 3 rings (SSSR count). The van der Waals surface area contributed by atoms with Crippen molar-refractivity contribution in [2.75, 3.05) is 14.2 Å². The van der Waals surface area contributed by atoms with Gasteiger partial charge in [0.2, 0.25) is 5.91 Å². The van der Waals surface area contributed by atoms with Crippen molar-refractivity contribution in [2.45, 2.75) is 24.9 Å². The van der Waals surface area contributed by atoms with Gasteiger partial charge < -0.3 is 15.4 Å². The zero-order valence-electron chi connectivity index (χ0n) is 13.7. The van der Waals surface area contributed by atoms with Gasteiger partial charge in [-0.3, -0.25) is 9.48 Å². The summed E-state index contributed by atoms with van der Waals surface area (Å²) in [5.74, 6) is 0.859. The molecular weight excluding hydrogens is 292 g/mol.